The maximum absolute atomic E-state index is 14.4. The number of hydrogen-bond acceptors (Lipinski definition) is 4. The summed E-state index contributed by atoms with van der Waals surface area (Å²) in [5.41, 5.74) is -0.539. The van der Waals surface area contributed by atoms with Gasteiger partial charge in [0, 0.05) is 17.0 Å². The number of carboxylic acids is 1. The van der Waals surface area contributed by atoms with Crippen LogP contribution in [0.25, 0.3) is 11.3 Å². The Hall–Kier alpha value is -3.04. The molecule has 2 rings (SSSR count). The normalized spacial score (nSPS) is 12.6. The smallest absolute Gasteiger partial charge is 0.425 e. The largest absolute Gasteiger partial charge is 0.480 e. The predicted octanol–water partition coefficient (Wildman–Crippen LogP) is 3.94. The van der Waals surface area contributed by atoms with E-state index < -0.39 is 41.3 Å². The standard InChI is InChI=1S/C17H15F4NO5/c1-7-9(16(25)26-3)5-13(22-7)10-6-14(27-8(2)17(19,20)21)11(15(23)24)4-12(10)18/h4-6,8,22H,1-3H3,(H,23,24)/t8-/m0/s1. The van der Waals surface area contributed by atoms with Crippen molar-refractivity contribution in [1.29, 1.82) is 0 Å². The molecule has 0 bridgehead atoms. The lowest BCUT2D eigenvalue weighted by Gasteiger charge is -2.19. The number of H-pyrrole nitrogens is 1. The number of halogens is 4. The number of carboxylic acid groups (broad SMARTS) is 1. The van der Waals surface area contributed by atoms with Crippen LogP contribution in [0.4, 0.5) is 17.6 Å². The molecule has 1 atom stereocenters. The Morgan fingerprint density at radius 2 is 1.81 bits per heavy atom. The van der Waals surface area contributed by atoms with E-state index >= 15 is 0 Å². The summed E-state index contributed by atoms with van der Waals surface area (Å²) < 4.78 is 61.9. The zero-order chi connectivity index (χ0) is 20.5. The molecule has 10 heteroatoms. The zero-order valence-electron chi connectivity index (χ0n) is 14.4. The van der Waals surface area contributed by atoms with Crippen LogP contribution in [0.1, 0.15) is 33.3 Å². The van der Waals surface area contributed by atoms with Crippen LogP contribution >= 0.6 is 0 Å². The molecule has 2 aromatic rings. The van der Waals surface area contributed by atoms with Crippen LogP contribution in [0.3, 0.4) is 0 Å². The van der Waals surface area contributed by atoms with Gasteiger partial charge in [0.1, 0.15) is 17.1 Å². The minimum absolute atomic E-state index is 0.0480. The van der Waals surface area contributed by atoms with Crippen molar-refractivity contribution in [1.82, 2.24) is 4.98 Å². The minimum atomic E-state index is -4.74. The fraction of sp³-hybridized carbons (Fsp3) is 0.294. The molecular formula is C17H15F4NO5. The van der Waals surface area contributed by atoms with Gasteiger partial charge >= 0.3 is 18.1 Å². The quantitative estimate of drug-likeness (QED) is 0.597. The van der Waals surface area contributed by atoms with E-state index in [0.717, 1.165) is 13.2 Å². The van der Waals surface area contributed by atoms with E-state index in [4.69, 9.17) is 9.84 Å². The summed E-state index contributed by atoms with van der Waals surface area (Å²) >= 11 is 0. The van der Waals surface area contributed by atoms with E-state index in [1.165, 1.54) is 13.0 Å². The molecule has 0 fully saturated rings. The summed E-state index contributed by atoms with van der Waals surface area (Å²) in [7, 11) is 1.15. The van der Waals surface area contributed by atoms with Crippen LogP contribution in [0.2, 0.25) is 0 Å². The zero-order valence-corrected chi connectivity index (χ0v) is 14.4. The number of aromatic nitrogens is 1. The first-order chi connectivity index (χ1) is 12.5. The van der Waals surface area contributed by atoms with Crippen molar-refractivity contribution in [3.05, 3.63) is 40.8 Å². The number of benzene rings is 1. The Morgan fingerprint density at radius 1 is 1.19 bits per heavy atom. The molecule has 0 aliphatic carbocycles. The van der Waals surface area contributed by atoms with Gasteiger partial charge in [-0.25, -0.2) is 14.0 Å². The third kappa shape index (κ3) is 4.21. The van der Waals surface area contributed by atoms with Crippen molar-refractivity contribution >= 4 is 11.9 Å². The maximum atomic E-state index is 14.4. The number of carbonyl (C=O) groups excluding carboxylic acids is 1. The van der Waals surface area contributed by atoms with Gasteiger partial charge in [0.05, 0.1) is 12.7 Å². The lowest BCUT2D eigenvalue weighted by Crippen LogP contribution is -2.31. The Morgan fingerprint density at radius 3 is 2.33 bits per heavy atom. The van der Waals surface area contributed by atoms with Crippen LogP contribution in [0.15, 0.2) is 18.2 Å². The number of aryl methyl sites for hydroxylation is 1. The van der Waals surface area contributed by atoms with Crippen molar-refractivity contribution in [2.75, 3.05) is 7.11 Å². The first kappa shape index (κ1) is 20.3. The van der Waals surface area contributed by atoms with E-state index in [9.17, 15) is 27.2 Å². The fourth-order valence-corrected chi connectivity index (χ4v) is 2.31. The van der Waals surface area contributed by atoms with Gasteiger partial charge in [-0.1, -0.05) is 0 Å². The van der Waals surface area contributed by atoms with Crippen LogP contribution in [0.5, 0.6) is 5.75 Å². The van der Waals surface area contributed by atoms with Crippen molar-refractivity contribution in [2.24, 2.45) is 0 Å². The van der Waals surface area contributed by atoms with E-state index in [-0.39, 0.29) is 16.8 Å². The highest BCUT2D eigenvalue weighted by Gasteiger charge is 2.39. The van der Waals surface area contributed by atoms with Gasteiger partial charge in [-0.05, 0) is 32.0 Å². The lowest BCUT2D eigenvalue weighted by atomic mass is 10.1. The second-order valence-corrected chi connectivity index (χ2v) is 5.65. The average molecular weight is 389 g/mol. The van der Waals surface area contributed by atoms with Crippen molar-refractivity contribution < 1.29 is 41.7 Å². The fourth-order valence-electron chi connectivity index (χ4n) is 2.31. The first-order valence-corrected chi connectivity index (χ1v) is 7.54. The number of esters is 1. The molecule has 2 N–H and O–H groups in total. The summed E-state index contributed by atoms with van der Waals surface area (Å²) in [6, 6.07) is 2.65. The Bertz CT molecular complexity index is 888. The number of carbonyl (C=O) groups is 2. The average Bonchev–Trinajstić information content (AvgIpc) is 2.95. The van der Waals surface area contributed by atoms with Crippen LogP contribution in [0, 0.1) is 12.7 Å². The number of hydrogen-bond donors (Lipinski definition) is 2. The van der Waals surface area contributed by atoms with Gasteiger partial charge in [-0.3, -0.25) is 0 Å². The molecule has 27 heavy (non-hydrogen) atoms. The SMILES string of the molecule is COC(=O)c1cc(-c2cc(O[C@@H](C)C(F)(F)F)c(C(=O)O)cc2F)[nH]c1C. The molecular weight excluding hydrogens is 374 g/mol. The molecule has 0 amide bonds. The number of methoxy groups -OCH3 is 1. The minimum Gasteiger partial charge on any atom is -0.480 e. The van der Waals surface area contributed by atoms with Crippen LogP contribution < -0.4 is 4.74 Å². The van der Waals surface area contributed by atoms with Crippen molar-refractivity contribution in [2.45, 2.75) is 26.1 Å². The van der Waals surface area contributed by atoms with Crippen LogP contribution in [-0.2, 0) is 4.74 Å². The van der Waals surface area contributed by atoms with E-state index in [1.54, 1.807) is 0 Å². The molecule has 0 unspecified atom stereocenters. The summed E-state index contributed by atoms with van der Waals surface area (Å²) in [5, 5.41) is 9.12. The van der Waals surface area contributed by atoms with Gasteiger partial charge in [0.2, 0.25) is 0 Å². The van der Waals surface area contributed by atoms with Gasteiger partial charge < -0.3 is 19.6 Å². The molecule has 1 heterocycles. The van der Waals surface area contributed by atoms with E-state index in [0.29, 0.717) is 18.7 Å². The lowest BCUT2D eigenvalue weighted by molar-refractivity contribution is -0.189. The molecule has 6 nitrogen and oxygen atoms in total. The monoisotopic (exact) mass is 389 g/mol. The summed E-state index contributed by atoms with van der Waals surface area (Å²) in [5.74, 6) is -4.02. The van der Waals surface area contributed by atoms with Gasteiger partial charge in [-0.15, -0.1) is 0 Å². The highest BCUT2D eigenvalue weighted by Crippen LogP contribution is 2.34. The highest BCUT2D eigenvalue weighted by molar-refractivity contribution is 5.94. The van der Waals surface area contributed by atoms with Gasteiger partial charge in [0.25, 0.3) is 0 Å². The number of ether oxygens (including phenoxy) is 2. The Kier molecular flexibility index (Phi) is 5.48. The Balaban J connectivity index is 2.57. The number of alkyl halides is 3. The molecule has 0 spiro atoms. The first-order valence-electron chi connectivity index (χ1n) is 7.54. The highest BCUT2D eigenvalue weighted by atomic mass is 19.4. The molecule has 0 saturated carbocycles. The topological polar surface area (TPSA) is 88.6 Å². The number of aromatic carboxylic acids is 1. The Labute approximate surface area is 150 Å². The van der Waals surface area contributed by atoms with Gasteiger partial charge in [0.15, 0.2) is 6.10 Å². The molecule has 1 aromatic carbocycles. The maximum Gasteiger partial charge on any atom is 0.425 e. The summed E-state index contributed by atoms with van der Waals surface area (Å²) in [6.07, 6.45) is -7.06. The molecule has 0 radical (unpaired) electrons. The van der Waals surface area contributed by atoms with Gasteiger partial charge in [-0.2, -0.15) is 13.2 Å². The second-order valence-electron chi connectivity index (χ2n) is 5.65. The number of nitrogens with one attached hydrogen (secondary N) is 1. The van der Waals surface area contributed by atoms with Crippen molar-refractivity contribution in [3.63, 3.8) is 0 Å². The molecule has 0 aliphatic rings. The number of aromatic amines is 1. The van der Waals surface area contributed by atoms with Crippen molar-refractivity contribution in [3.8, 4) is 17.0 Å². The predicted molar refractivity (Wildman–Crippen MR) is 85.4 cm³/mol. The van der Waals surface area contributed by atoms with E-state index in [1.807, 2.05) is 0 Å². The number of rotatable bonds is 5. The summed E-state index contributed by atoms with van der Waals surface area (Å²) in [6.45, 7) is 2.21. The molecule has 0 saturated heterocycles. The van der Waals surface area contributed by atoms with Crippen LogP contribution in [-0.4, -0.2) is 41.4 Å². The van der Waals surface area contributed by atoms with E-state index in [2.05, 4.69) is 9.72 Å². The second kappa shape index (κ2) is 7.29. The molecule has 146 valence electrons. The third-order valence-electron chi connectivity index (χ3n) is 3.77. The molecule has 1 aromatic heterocycles. The third-order valence-corrected chi connectivity index (χ3v) is 3.77. The molecule has 0 aliphatic heterocycles. The summed E-state index contributed by atoms with van der Waals surface area (Å²) in [4.78, 5) is 25.6.